The highest BCUT2D eigenvalue weighted by atomic mass is 15.4. The highest BCUT2D eigenvalue weighted by Gasteiger charge is 2.13. The van der Waals surface area contributed by atoms with Crippen LogP contribution in [0.4, 0.5) is 0 Å². The maximum absolute atomic E-state index is 5.26. The molecule has 0 aromatic heterocycles. The summed E-state index contributed by atoms with van der Waals surface area (Å²) in [6.07, 6.45) is 0. The number of aliphatic imine (C=N–C) groups is 2. The van der Waals surface area contributed by atoms with Crippen LogP contribution >= 0.6 is 0 Å². The average Bonchev–Trinajstić information content (AvgIpc) is 2.58. The molecule has 0 saturated carbocycles. The van der Waals surface area contributed by atoms with Gasteiger partial charge in [0.2, 0.25) is 17.6 Å². The molecule has 2 heterocycles. The number of hydrogen-bond donors (Lipinski definition) is 1. The van der Waals surface area contributed by atoms with Gasteiger partial charge in [-0.25, -0.2) is 4.99 Å². The molecule has 7 heteroatoms. The van der Waals surface area contributed by atoms with Crippen LogP contribution in [0.1, 0.15) is 6.92 Å². The van der Waals surface area contributed by atoms with E-state index in [0.717, 1.165) is 0 Å². The Kier molecular flexibility index (Phi) is 1.29. The van der Waals surface area contributed by atoms with Crippen molar-refractivity contribution in [2.24, 2.45) is 36.2 Å². The smallest absolute Gasteiger partial charge is 0.242 e. The van der Waals surface area contributed by atoms with Crippen molar-refractivity contribution < 1.29 is 0 Å². The molecule has 7 nitrogen and oxygen atoms in total. The largest absolute Gasteiger partial charge is 0.366 e. The maximum Gasteiger partial charge on any atom is 0.242 e. The van der Waals surface area contributed by atoms with Crippen molar-refractivity contribution in [3.63, 3.8) is 0 Å². The number of nitrogens with two attached hydrogens (primary N) is 1. The lowest BCUT2D eigenvalue weighted by Gasteiger charge is -1.84. The van der Waals surface area contributed by atoms with E-state index in [0.29, 0.717) is 17.5 Å². The van der Waals surface area contributed by atoms with Crippen molar-refractivity contribution in [2.45, 2.75) is 6.92 Å². The molecular formula is C5H5N7. The maximum atomic E-state index is 5.26. The van der Waals surface area contributed by atoms with Crippen molar-refractivity contribution in [1.29, 1.82) is 0 Å². The van der Waals surface area contributed by atoms with Crippen LogP contribution in [-0.4, -0.2) is 11.8 Å². The molecule has 0 aromatic rings. The zero-order valence-electron chi connectivity index (χ0n) is 6.26. The van der Waals surface area contributed by atoms with Crippen molar-refractivity contribution in [2.75, 3.05) is 0 Å². The Labute approximate surface area is 67.5 Å². The molecule has 2 aliphatic heterocycles. The Hall–Kier alpha value is -1.92. The summed E-state index contributed by atoms with van der Waals surface area (Å²) in [6.45, 7) is 1.73. The van der Waals surface area contributed by atoms with Crippen LogP contribution in [0.2, 0.25) is 0 Å². The van der Waals surface area contributed by atoms with Crippen LogP contribution in [0.5, 0.6) is 0 Å². The fourth-order valence-corrected chi connectivity index (χ4v) is 0.759. The van der Waals surface area contributed by atoms with Gasteiger partial charge in [-0.3, -0.25) is 0 Å². The summed E-state index contributed by atoms with van der Waals surface area (Å²) in [4.78, 5) is 7.74. The zero-order chi connectivity index (χ0) is 8.55. The number of rotatable bonds is 0. The summed E-state index contributed by atoms with van der Waals surface area (Å²) in [5.74, 6) is 1.37. The number of guanidine groups is 1. The molecule has 0 unspecified atom stereocenters. The van der Waals surface area contributed by atoms with Crippen molar-refractivity contribution in [3.05, 3.63) is 11.6 Å². The lowest BCUT2D eigenvalue weighted by atomic mass is 10.6. The topological polar surface area (TPSA) is 100 Å². The van der Waals surface area contributed by atoms with E-state index < -0.39 is 0 Å². The van der Waals surface area contributed by atoms with Gasteiger partial charge < -0.3 is 5.73 Å². The van der Waals surface area contributed by atoms with Gasteiger partial charge in [-0.05, 0) is 6.92 Å². The molecule has 2 N–H and O–H groups in total. The molecule has 0 spiro atoms. The van der Waals surface area contributed by atoms with Gasteiger partial charge in [-0.1, -0.05) is 0 Å². The standard InChI is InChI=1S/C5H5N7/c1-2-7-3(10-9-2)4-8-5(6)12-11-4/h1H3,(H2,6,8). The molecule has 2 aliphatic rings. The minimum absolute atomic E-state index is 0.118. The molecule has 0 amide bonds. The summed E-state index contributed by atoms with van der Waals surface area (Å²) in [5, 5.41) is 14.6. The van der Waals surface area contributed by atoms with Crippen molar-refractivity contribution in [1.82, 2.24) is 0 Å². The van der Waals surface area contributed by atoms with Crippen LogP contribution in [-0.2, 0) is 0 Å². The summed E-state index contributed by atoms with van der Waals surface area (Å²) in [5.41, 5.74) is 5.26. The third kappa shape index (κ3) is 1.00. The minimum Gasteiger partial charge on any atom is -0.366 e. The molecule has 2 rings (SSSR count). The Morgan fingerprint density at radius 2 is 1.58 bits per heavy atom. The average molecular weight is 163 g/mol. The van der Waals surface area contributed by atoms with E-state index in [1.807, 2.05) is 0 Å². The molecule has 0 saturated heterocycles. The Morgan fingerprint density at radius 3 is 2.08 bits per heavy atom. The van der Waals surface area contributed by atoms with Gasteiger partial charge in [-0.2, -0.15) is 4.99 Å². The van der Waals surface area contributed by atoms with Gasteiger partial charge in [0.15, 0.2) is 5.84 Å². The van der Waals surface area contributed by atoms with E-state index in [9.17, 15) is 0 Å². The minimum atomic E-state index is 0.118. The highest BCUT2D eigenvalue weighted by Crippen LogP contribution is 2.19. The van der Waals surface area contributed by atoms with E-state index in [1.54, 1.807) is 6.92 Å². The summed E-state index contributed by atoms with van der Waals surface area (Å²) in [6, 6.07) is 0. The predicted molar refractivity (Wildman–Crippen MR) is 41.5 cm³/mol. The van der Waals surface area contributed by atoms with Crippen LogP contribution in [0.25, 0.3) is 0 Å². The fourth-order valence-electron chi connectivity index (χ4n) is 0.759. The fraction of sp³-hybridized carbons (Fsp3) is 0.200. The van der Waals surface area contributed by atoms with Crippen LogP contribution in [0.15, 0.2) is 42.1 Å². The van der Waals surface area contributed by atoms with E-state index in [1.165, 1.54) is 0 Å². The van der Waals surface area contributed by atoms with Crippen LogP contribution in [0.3, 0.4) is 0 Å². The third-order valence-electron chi connectivity index (χ3n) is 1.22. The van der Waals surface area contributed by atoms with Gasteiger partial charge in [0.25, 0.3) is 0 Å². The van der Waals surface area contributed by atoms with Gasteiger partial charge in [0.05, 0.1) is 0 Å². The number of amidine groups is 1. The molecule has 0 bridgehead atoms. The Morgan fingerprint density at radius 1 is 0.917 bits per heavy atom. The van der Waals surface area contributed by atoms with Gasteiger partial charge >= 0.3 is 0 Å². The first kappa shape index (κ1) is 6.77. The number of azo groups is 2. The second kappa shape index (κ2) is 2.29. The van der Waals surface area contributed by atoms with Gasteiger partial charge in [0.1, 0.15) is 0 Å². The second-order valence-corrected chi connectivity index (χ2v) is 2.18. The van der Waals surface area contributed by atoms with E-state index >= 15 is 0 Å². The first-order valence-electron chi connectivity index (χ1n) is 3.23. The molecule has 0 fully saturated rings. The third-order valence-corrected chi connectivity index (χ3v) is 1.22. The summed E-state index contributed by atoms with van der Waals surface area (Å²) < 4.78 is 0. The lowest BCUT2D eigenvalue weighted by molar-refractivity contribution is 1.07. The van der Waals surface area contributed by atoms with Crippen molar-refractivity contribution in [3.8, 4) is 0 Å². The first-order chi connectivity index (χ1) is 5.75. The predicted octanol–water partition coefficient (Wildman–Crippen LogP) is 0.778. The summed E-state index contributed by atoms with van der Waals surface area (Å²) >= 11 is 0. The molecule has 0 aromatic carbocycles. The number of nitrogens with zero attached hydrogens (tertiary/aromatic N) is 6. The Bertz CT molecular complexity index is 333. The second-order valence-electron chi connectivity index (χ2n) is 2.18. The first-order valence-corrected chi connectivity index (χ1v) is 3.23. The lowest BCUT2D eigenvalue weighted by Crippen LogP contribution is -2.03. The molecule has 0 atom stereocenters. The molecular weight excluding hydrogens is 158 g/mol. The van der Waals surface area contributed by atoms with Crippen LogP contribution < -0.4 is 5.73 Å². The zero-order valence-corrected chi connectivity index (χ0v) is 6.26. The van der Waals surface area contributed by atoms with E-state index in [2.05, 4.69) is 30.4 Å². The van der Waals surface area contributed by atoms with Gasteiger partial charge in [-0.15, -0.1) is 20.5 Å². The number of hydrogen-bond acceptors (Lipinski definition) is 7. The highest BCUT2D eigenvalue weighted by molar-refractivity contribution is 5.83. The SMILES string of the molecule is CC1=NC(=C2N=NC(N)=N2)N=N1. The monoisotopic (exact) mass is 163 g/mol. The van der Waals surface area contributed by atoms with E-state index in [-0.39, 0.29) is 5.96 Å². The molecule has 0 radical (unpaired) electrons. The van der Waals surface area contributed by atoms with Crippen LogP contribution in [0, 0.1) is 0 Å². The van der Waals surface area contributed by atoms with E-state index in [4.69, 9.17) is 5.73 Å². The quantitative estimate of drug-likeness (QED) is 0.560. The summed E-state index contributed by atoms with van der Waals surface area (Å²) in [7, 11) is 0. The Balaban J connectivity index is 2.42. The molecule has 60 valence electrons. The molecule has 12 heavy (non-hydrogen) atoms. The normalized spacial score (nSPS) is 26.4. The molecule has 0 aliphatic carbocycles. The van der Waals surface area contributed by atoms with Gasteiger partial charge in [0, 0.05) is 0 Å². The van der Waals surface area contributed by atoms with Crippen molar-refractivity contribution >= 4 is 11.8 Å².